The Balaban J connectivity index is 3.00. The summed E-state index contributed by atoms with van der Waals surface area (Å²) in [5.41, 5.74) is -1.08. The van der Waals surface area contributed by atoms with Gasteiger partial charge >= 0.3 is 12.1 Å². The van der Waals surface area contributed by atoms with E-state index in [1.807, 2.05) is 0 Å². The lowest BCUT2D eigenvalue weighted by molar-refractivity contribution is -0.164. The lowest BCUT2D eigenvalue weighted by Gasteiger charge is -2.22. The second-order valence-electron chi connectivity index (χ2n) is 4.08. The molecule has 0 aliphatic rings. The maximum absolute atomic E-state index is 13.4. The topological polar surface area (TPSA) is 66.4 Å². The maximum Gasteiger partial charge on any atom is 0.412 e. The van der Waals surface area contributed by atoms with Crippen LogP contribution < -0.4 is 5.32 Å². The van der Waals surface area contributed by atoms with Crippen molar-refractivity contribution in [3.63, 3.8) is 0 Å². The van der Waals surface area contributed by atoms with Gasteiger partial charge in [-0.05, 0) is 6.07 Å². The molecule has 1 rings (SSSR count). The molecule has 1 amide bonds. The third-order valence-electron chi connectivity index (χ3n) is 2.49. The van der Waals surface area contributed by atoms with Gasteiger partial charge in [-0.3, -0.25) is 9.59 Å². The van der Waals surface area contributed by atoms with E-state index in [2.05, 4.69) is 0 Å². The molecule has 0 bridgehead atoms. The Morgan fingerprint density at radius 3 is 2.33 bits per heavy atom. The van der Waals surface area contributed by atoms with E-state index in [1.54, 1.807) is 0 Å². The molecule has 0 radical (unpaired) electrons. The summed E-state index contributed by atoms with van der Waals surface area (Å²) in [5, 5.41) is 9.80. The van der Waals surface area contributed by atoms with E-state index in [1.165, 1.54) is 5.32 Å². The first-order valence-electron chi connectivity index (χ1n) is 5.64. The summed E-state index contributed by atoms with van der Waals surface area (Å²) in [6.07, 6.45) is -6.45. The number of rotatable bonds is 5. The van der Waals surface area contributed by atoms with Crippen LogP contribution in [0.5, 0.6) is 0 Å². The Labute approximate surface area is 115 Å². The van der Waals surface area contributed by atoms with Crippen LogP contribution in [0, 0.1) is 11.6 Å². The van der Waals surface area contributed by atoms with Crippen LogP contribution in [0.4, 0.5) is 22.0 Å². The Morgan fingerprint density at radius 2 is 1.81 bits per heavy atom. The van der Waals surface area contributed by atoms with Gasteiger partial charge in [0.2, 0.25) is 5.91 Å². The predicted molar refractivity (Wildman–Crippen MR) is 60.2 cm³/mol. The van der Waals surface area contributed by atoms with Crippen molar-refractivity contribution < 1.29 is 36.6 Å². The smallest absolute Gasteiger partial charge is 0.412 e. The molecular weight excluding hydrogens is 301 g/mol. The van der Waals surface area contributed by atoms with Crippen LogP contribution in [0.15, 0.2) is 18.2 Å². The molecule has 116 valence electrons. The highest BCUT2D eigenvalue weighted by Crippen LogP contribution is 2.34. The molecule has 1 aromatic rings. The first-order chi connectivity index (χ1) is 9.62. The zero-order valence-electron chi connectivity index (χ0n) is 10.4. The van der Waals surface area contributed by atoms with Crippen LogP contribution in [0.25, 0.3) is 0 Å². The number of amides is 1. The van der Waals surface area contributed by atoms with E-state index in [0.29, 0.717) is 12.1 Å². The van der Waals surface area contributed by atoms with E-state index < -0.39 is 54.1 Å². The van der Waals surface area contributed by atoms with Crippen LogP contribution in [0.1, 0.15) is 24.4 Å². The second-order valence-corrected chi connectivity index (χ2v) is 4.08. The van der Waals surface area contributed by atoms with Crippen molar-refractivity contribution in [2.24, 2.45) is 0 Å². The van der Waals surface area contributed by atoms with Crippen LogP contribution in [-0.2, 0) is 9.59 Å². The van der Waals surface area contributed by atoms with Crippen molar-refractivity contribution in [2.45, 2.75) is 25.1 Å². The van der Waals surface area contributed by atoms with Gasteiger partial charge in [-0.1, -0.05) is 12.1 Å². The molecule has 0 saturated heterocycles. The molecule has 21 heavy (non-hydrogen) atoms. The van der Waals surface area contributed by atoms with Gasteiger partial charge in [-0.2, -0.15) is 13.2 Å². The van der Waals surface area contributed by atoms with Gasteiger partial charge < -0.3 is 10.4 Å². The molecule has 0 saturated carbocycles. The molecule has 9 heteroatoms. The summed E-state index contributed by atoms with van der Waals surface area (Å²) in [4.78, 5) is 21.5. The fraction of sp³-hybridized carbons (Fsp3) is 0.333. The highest BCUT2D eigenvalue weighted by atomic mass is 19.4. The fourth-order valence-corrected chi connectivity index (χ4v) is 1.53. The number of hydrogen-bond acceptors (Lipinski definition) is 2. The Morgan fingerprint density at radius 1 is 1.19 bits per heavy atom. The van der Waals surface area contributed by atoms with Crippen LogP contribution in [-0.4, -0.2) is 23.2 Å². The van der Waals surface area contributed by atoms with Gasteiger partial charge in [0.1, 0.15) is 0 Å². The monoisotopic (exact) mass is 311 g/mol. The van der Waals surface area contributed by atoms with Crippen molar-refractivity contribution >= 4 is 11.9 Å². The lowest BCUT2D eigenvalue weighted by Crippen LogP contribution is -2.38. The molecule has 4 nitrogen and oxygen atoms in total. The molecule has 0 heterocycles. The molecule has 0 aliphatic carbocycles. The number of halogens is 5. The SMILES string of the molecule is O=C(O)CCC(=O)NC(c1cccc(F)c1F)C(F)(F)F. The minimum absolute atomic E-state index is 0.637. The minimum atomic E-state index is -5.06. The van der Waals surface area contributed by atoms with Gasteiger partial charge in [-0.15, -0.1) is 0 Å². The van der Waals surface area contributed by atoms with Gasteiger partial charge in [0.25, 0.3) is 0 Å². The Hall–Kier alpha value is -2.19. The number of carboxylic acid groups (broad SMARTS) is 1. The standard InChI is InChI=1S/C12H10F5NO3/c13-7-3-1-2-6(10(7)14)11(12(15,16)17)18-8(19)4-5-9(20)21/h1-3,11H,4-5H2,(H,18,19)(H,20,21). The number of alkyl halides is 3. The summed E-state index contributed by atoms with van der Waals surface area (Å²) in [6.45, 7) is 0. The molecule has 0 aromatic heterocycles. The normalized spacial score (nSPS) is 12.8. The molecular formula is C12H10F5NO3. The maximum atomic E-state index is 13.4. The molecule has 0 aliphatic heterocycles. The van der Waals surface area contributed by atoms with Crippen molar-refractivity contribution in [3.05, 3.63) is 35.4 Å². The lowest BCUT2D eigenvalue weighted by atomic mass is 10.0. The summed E-state index contributed by atoms with van der Waals surface area (Å²) < 4.78 is 65.0. The van der Waals surface area contributed by atoms with E-state index in [-0.39, 0.29) is 0 Å². The van der Waals surface area contributed by atoms with Crippen LogP contribution in [0.2, 0.25) is 0 Å². The molecule has 1 unspecified atom stereocenters. The quantitative estimate of drug-likeness (QED) is 0.821. The number of benzene rings is 1. The second kappa shape index (κ2) is 6.51. The first-order valence-corrected chi connectivity index (χ1v) is 5.64. The molecule has 1 atom stereocenters. The summed E-state index contributed by atoms with van der Waals surface area (Å²) >= 11 is 0. The number of carbonyl (C=O) groups is 2. The van der Waals surface area contributed by atoms with E-state index in [0.717, 1.165) is 6.07 Å². The van der Waals surface area contributed by atoms with Crippen LogP contribution in [0.3, 0.4) is 0 Å². The van der Waals surface area contributed by atoms with Gasteiger partial charge in [0.15, 0.2) is 17.7 Å². The Bertz CT molecular complexity index is 544. The van der Waals surface area contributed by atoms with Crippen molar-refractivity contribution in [2.75, 3.05) is 0 Å². The molecule has 1 aromatic carbocycles. The molecule has 0 spiro atoms. The number of carboxylic acids is 1. The van der Waals surface area contributed by atoms with Crippen LogP contribution >= 0.6 is 0 Å². The number of carbonyl (C=O) groups excluding carboxylic acids is 1. The third-order valence-corrected chi connectivity index (χ3v) is 2.49. The zero-order valence-corrected chi connectivity index (χ0v) is 10.4. The number of aliphatic carboxylic acids is 1. The Kier molecular flexibility index (Phi) is 5.23. The molecule has 2 N–H and O–H groups in total. The fourth-order valence-electron chi connectivity index (χ4n) is 1.53. The summed E-state index contributed by atoms with van der Waals surface area (Å²) in [6, 6.07) is -0.558. The highest BCUT2D eigenvalue weighted by Gasteiger charge is 2.43. The summed E-state index contributed by atoms with van der Waals surface area (Å²) in [7, 11) is 0. The van der Waals surface area contributed by atoms with E-state index >= 15 is 0 Å². The minimum Gasteiger partial charge on any atom is -0.481 e. The van der Waals surface area contributed by atoms with Crippen molar-refractivity contribution in [1.82, 2.24) is 5.32 Å². The van der Waals surface area contributed by atoms with Crippen molar-refractivity contribution in [3.8, 4) is 0 Å². The third kappa shape index (κ3) is 4.69. The van der Waals surface area contributed by atoms with E-state index in [9.17, 15) is 31.5 Å². The largest absolute Gasteiger partial charge is 0.481 e. The average molecular weight is 311 g/mol. The van der Waals surface area contributed by atoms with E-state index in [4.69, 9.17) is 5.11 Å². The van der Waals surface area contributed by atoms with Crippen molar-refractivity contribution in [1.29, 1.82) is 0 Å². The van der Waals surface area contributed by atoms with Gasteiger partial charge in [-0.25, -0.2) is 8.78 Å². The molecule has 0 fully saturated rings. The summed E-state index contributed by atoms with van der Waals surface area (Å²) in [5.74, 6) is -5.81. The number of nitrogens with one attached hydrogen (secondary N) is 1. The van der Waals surface area contributed by atoms with Gasteiger partial charge in [0.05, 0.1) is 6.42 Å². The first kappa shape index (κ1) is 16.9. The number of hydrogen-bond donors (Lipinski definition) is 2. The highest BCUT2D eigenvalue weighted by molar-refractivity contribution is 5.81. The zero-order chi connectivity index (χ0) is 16.2. The average Bonchev–Trinajstić information content (AvgIpc) is 2.36. The predicted octanol–water partition coefficient (Wildman–Crippen LogP) is 2.55. The van der Waals surface area contributed by atoms with Gasteiger partial charge in [0, 0.05) is 12.0 Å².